The highest BCUT2D eigenvalue weighted by atomic mass is 33.1. The van der Waals surface area contributed by atoms with E-state index in [1.54, 1.807) is 10.8 Å². The average molecular weight is 149 g/mol. The topological polar surface area (TPSA) is 0 Å². The van der Waals surface area contributed by atoms with Crippen LogP contribution < -0.4 is 0 Å². The molecule has 0 rings (SSSR count). The van der Waals surface area contributed by atoms with E-state index in [1.165, 1.54) is 25.0 Å². The fraction of sp³-hybridized carbons (Fsp3) is 0.833. The standard InChI is InChI=1S/C6H13S2/c1-2-3-4-5-6-8-7/h7H,1-6H2. The van der Waals surface area contributed by atoms with Gasteiger partial charge in [-0.2, -0.15) is 0 Å². The quantitative estimate of drug-likeness (QED) is 0.356. The third-order valence-electron chi connectivity index (χ3n) is 0.986. The van der Waals surface area contributed by atoms with Crippen LogP contribution in [0, 0.1) is 6.92 Å². The van der Waals surface area contributed by atoms with Gasteiger partial charge in [-0.1, -0.05) is 37.0 Å². The molecule has 0 aromatic heterocycles. The second-order valence-electron chi connectivity index (χ2n) is 1.75. The van der Waals surface area contributed by atoms with Crippen molar-refractivity contribution < 1.29 is 0 Å². The molecule has 0 N–H and O–H groups in total. The number of thiol groups is 1. The lowest BCUT2D eigenvalue weighted by atomic mass is 10.2. The van der Waals surface area contributed by atoms with E-state index >= 15 is 0 Å². The molecule has 0 fully saturated rings. The van der Waals surface area contributed by atoms with E-state index in [1.807, 2.05) is 0 Å². The largest absolute Gasteiger partial charge is 0.111 e. The van der Waals surface area contributed by atoms with Crippen molar-refractivity contribution in [2.24, 2.45) is 0 Å². The molecule has 0 heterocycles. The van der Waals surface area contributed by atoms with Crippen LogP contribution in [0.4, 0.5) is 0 Å². The van der Waals surface area contributed by atoms with Crippen molar-refractivity contribution in [3.8, 4) is 0 Å². The zero-order chi connectivity index (χ0) is 6.24. The van der Waals surface area contributed by atoms with Gasteiger partial charge in [-0.25, -0.2) is 0 Å². The van der Waals surface area contributed by atoms with Crippen molar-refractivity contribution in [2.45, 2.75) is 25.7 Å². The predicted molar refractivity (Wildman–Crippen MR) is 45.3 cm³/mol. The van der Waals surface area contributed by atoms with Crippen molar-refractivity contribution in [2.75, 3.05) is 5.75 Å². The molecule has 0 aromatic carbocycles. The molecule has 0 saturated heterocycles. The Labute approximate surface area is 61.2 Å². The summed E-state index contributed by atoms with van der Waals surface area (Å²) in [5.41, 5.74) is 0. The first kappa shape index (κ1) is 8.70. The van der Waals surface area contributed by atoms with Crippen LogP contribution in [0.15, 0.2) is 0 Å². The van der Waals surface area contributed by atoms with Crippen molar-refractivity contribution in [3.63, 3.8) is 0 Å². The van der Waals surface area contributed by atoms with Gasteiger partial charge in [0.05, 0.1) is 0 Å². The minimum absolute atomic E-state index is 1.08. The van der Waals surface area contributed by atoms with Crippen LogP contribution in [0.1, 0.15) is 25.7 Å². The van der Waals surface area contributed by atoms with Gasteiger partial charge < -0.3 is 0 Å². The Hall–Kier alpha value is 0.700. The monoisotopic (exact) mass is 149 g/mol. The van der Waals surface area contributed by atoms with E-state index in [0.29, 0.717) is 0 Å². The summed E-state index contributed by atoms with van der Waals surface area (Å²) >= 11 is 4.02. The normalized spacial score (nSPS) is 9.75. The van der Waals surface area contributed by atoms with Crippen LogP contribution in [0.2, 0.25) is 0 Å². The smallest absolute Gasteiger partial charge is 0.00345 e. The molecule has 2 heteroatoms. The Kier molecular flexibility index (Phi) is 8.37. The number of rotatable bonds is 5. The Morgan fingerprint density at radius 3 is 2.50 bits per heavy atom. The van der Waals surface area contributed by atoms with Gasteiger partial charge in [-0.05, 0) is 6.42 Å². The lowest BCUT2D eigenvalue weighted by Gasteiger charge is -1.93. The first-order valence-corrected chi connectivity index (χ1v) is 5.01. The molecule has 0 saturated carbocycles. The zero-order valence-electron chi connectivity index (χ0n) is 5.10. The second-order valence-corrected chi connectivity index (χ2v) is 3.19. The summed E-state index contributed by atoms with van der Waals surface area (Å²) in [5.74, 6) is 1.18. The van der Waals surface area contributed by atoms with Crippen LogP contribution in [0.25, 0.3) is 0 Å². The third-order valence-corrected chi connectivity index (χ3v) is 2.00. The highest BCUT2D eigenvalue weighted by Crippen LogP contribution is 2.09. The predicted octanol–water partition coefficient (Wildman–Crippen LogP) is 2.96. The molecule has 0 aromatic rings. The van der Waals surface area contributed by atoms with Gasteiger partial charge in [0, 0.05) is 5.75 Å². The van der Waals surface area contributed by atoms with Crippen LogP contribution >= 0.6 is 22.5 Å². The van der Waals surface area contributed by atoms with Gasteiger partial charge in [0.15, 0.2) is 0 Å². The fourth-order valence-electron chi connectivity index (χ4n) is 0.520. The maximum Gasteiger partial charge on any atom is 0.00345 e. The minimum atomic E-state index is 1.08. The van der Waals surface area contributed by atoms with Gasteiger partial charge in [0.1, 0.15) is 0 Å². The lowest BCUT2D eigenvalue weighted by Crippen LogP contribution is -1.76. The summed E-state index contributed by atoms with van der Waals surface area (Å²) in [6, 6.07) is 0. The minimum Gasteiger partial charge on any atom is -0.111 e. The maximum absolute atomic E-state index is 4.02. The summed E-state index contributed by atoms with van der Waals surface area (Å²) in [7, 11) is 1.63. The van der Waals surface area contributed by atoms with Gasteiger partial charge in [0.2, 0.25) is 0 Å². The Morgan fingerprint density at radius 2 is 2.00 bits per heavy atom. The van der Waals surface area contributed by atoms with Gasteiger partial charge >= 0.3 is 0 Å². The third kappa shape index (κ3) is 6.70. The number of hydrogen-bond donors (Lipinski definition) is 1. The SMILES string of the molecule is [CH2]CCCCCSS. The summed E-state index contributed by atoms with van der Waals surface area (Å²) in [4.78, 5) is 0. The van der Waals surface area contributed by atoms with E-state index < -0.39 is 0 Å². The molecule has 0 bridgehead atoms. The van der Waals surface area contributed by atoms with Crippen LogP contribution in [0.3, 0.4) is 0 Å². The fourth-order valence-corrected chi connectivity index (χ4v) is 1.24. The molecular weight excluding hydrogens is 136 g/mol. The molecule has 0 amide bonds. The molecule has 8 heavy (non-hydrogen) atoms. The summed E-state index contributed by atoms with van der Waals surface area (Å²) < 4.78 is 0. The molecule has 0 unspecified atom stereocenters. The average Bonchev–Trinajstić information content (AvgIpc) is 1.81. The van der Waals surface area contributed by atoms with Gasteiger partial charge in [-0.3, -0.25) is 0 Å². The van der Waals surface area contributed by atoms with Crippen LogP contribution in [-0.2, 0) is 0 Å². The highest BCUT2D eigenvalue weighted by molar-refractivity contribution is 8.68. The Bertz CT molecular complexity index is 31.5. The summed E-state index contributed by atoms with van der Waals surface area (Å²) in [5, 5.41) is 0. The van der Waals surface area contributed by atoms with Crippen LogP contribution in [-0.4, -0.2) is 5.75 Å². The van der Waals surface area contributed by atoms with Crippen molar-refractivity contribution in [1.29, 1.82) is 0 Å². The van der Waals surface area contributed by atoms with Gasteiger partial charge in [0.25, 0.3) is 0 Å². The molecule has 0 aliphatic heterocycles. The van der Waals surface area contributed by atoms with E-state index in [9.17, 15) is 0 Å². The second kappa shape index (κ2) is 7.70. The molecule has 0 nitrogen and oxygen atoms in total. The summed E-state index contributed by atoms with van der Waals surface area (Å²) in [6.07, 6.45) is 4.96. The van der Waals surface area contributed by atoms with E-state index in [0.717, 1.165) is 6.42 Å². The lowest BCUT2D eigenvalue weighted by molar-refractivity contribution is 0.734. The van der Waals surface area contributed by atoms with Gasteiger partial charge in [-0.15, -0.1) is 11.7 Å². The molecular formula is C6H13S2. The Morgan fingerprint density at radius 1 is 1.25 bits per heavy atom. The highest BCUT2D eigenvalue weighted by Gasteiger charge is 1.84. The Balaban J connectivity index is 2.53. The number of hydrogen-bond acceptors (Lipinski definition) is 2. The van der Waals surface area contributed by atoms with Crippen molar-refractivity contribution in [3.05, 3.63) is 6.92 Å². The molecule has 0 aliphatic carbocycles. The van der Waals surface area contributed by atoms with E-state index in [4.69, 9.17) is 0 Å². The maximum atomic E-state index is 4.02. The molecule has 0 aliphatic rings. The van der Waals surface area contributed by atoms with Crippen molar-refractivity contribution >= 4 is 22.5 Å². The molecule has 49 valence electrons. The zero-order valence-corrected chi connectivity index (χ0v) is 6.81. The van der Waals surface area contributed by atoms with Crippen LogP contribution in [0.5, 0.6) is 0 Å². The first-order chi connectivity index (χ1) is 3.91. The van der Waals surface area contributed by atoms with E-state index in [-0.39, 0.29) is 0 Å². The molecule has 0 spiro atoms. The molecule has 1 radical (unpaired) electrons. The molecule has 0 atom stereocenters. The van der Waals surface area contributed by atoms with Crippen molar-refractivity contribution in [1.82, 2.24) is 0 Å². The van der Waals surface area contributed by atoms with E-state index in [2.05, 4.69) is 18.6 Å². The summed E-state index contributed by atoms with van der Waals surface area (Å²) in [6.45, 7) is 3.76. The number of unbranched alkanes of at least 4 members (excludes halogenated alkanes) is 3. The first-order valence-electron chi connectivity index (χ1n) is 2.97.